The van der Waals surface area contributed by atoms with Crippen LogP contribution in [0.4, 0.5) is 0 Å². The van der Waals surface area contributed by atoms with Crippen LogP contribution >= 0.6 is 0 Å². The normalized spacial score (nSPS) is 27.2. The average molecular weight is 259 g/mol. The van der Waals surface area contributed by atoms with Crippen LogP contribution in [0.3, 0.4) is 0 Å². The standard InChI is InChI=1S/C16H21NO2/c18-16(19)15-6-2-5-14(8-15)11-17-9-12-3-1-4-13(7-12)10-17/h2,5-6,8,12-13H,1,3-4,7,9-11H2,(H,18,19)/t12-,13-/m1/s1. The van der Waals surface area contributed by atoms with Crippen molar-refractivity contribution < 1.29 is 9.90 Å². The molecular formula is C16H21NO2. The lowest BCUT2D eigenvalue weighted by atomic mass is 9.78. The van der Waals surface area contributed by atoms with E-state index in [0.717, 1.165) is 23.9 Å². The quantitative estimate of drug-likeness (QED) is 0.907. The number of hydrogen-bond donors (Lipinski definition) is 1. The minimum absolute atomic E-state index is 0.398. The van der Waals surface area contributed by atoms with Crippen molar-refractivity contribution >= 4 is 5.97 Å². The number of fused-ring (bicyclic) bond motifs is 2. The molecule has 1 saturated carbocycles. The van der Waals surface area contributed by atoms with Crippen LogP contribution in [0.15, 0.2) is 24.3 Å². The van der Waals surface area contributed by atoms with Crippen molar-refractivity contribution in [2.75, 3.05) is 13.1 Å². The summed E-state index contributed by atoms with van der Waals surface area (Å²) in [4.78, 5) is 13.5. The van der Waals surface area contributed by atoms with Gasteiger partial charge in [-0.05, 0) is 48.8 Å². The topological polar surface area (TPSA) is 40.5 Å². The maximum atomic E-state index is 11.0. The number of nitrogens with zero attached hydrogens (tertiary/aromatic N) is 1. The molecule has 2 bridgehead atoms. The zero-order valence-electron chi connectivity index (χ0n) is 11.2. The lowest BCUT2D eigenvalue weighted by Crippen LogP contribution is -2.42. The highest BCUT2D eigenvalue weighted by molar-refractivity contribution is 5.87. The van der Waals surface area contributed by atoms with Crippen LogP contribution < -0.4 is 0 Å². The summed E-state index contributed by atoms with van der Waals surface area (Å²) < 4.78 is 0. The molecule has 1 saturated heterocycles. The third kappa shape index (κ3) is 2.98. The molecule has 3 heteroatoms. The first-order chi connectivity index (χ1) is 9.20. The molecule has 0 spiro atoms. The number of carboxylic acid groups (broad SMARTS) is 1. The first kappa shape index (κ1) is 12.7. The molecule has 0 radical (unpaired) electrons. The van der Waals surface area contributed by atoms with Gasteiger partial charge in [-0.25, -0.2) is 4.79 Å². The van der Waals surface area contributed by atoms with E-state index in [0.29, 0.717) is 5.56 Å². The average Bonchev–Trinajstić information content (AvgIpc) is 2.38. The monoisotopic (exact) mass is 259 g/mol. The highest BCUT2D eigenvalue weighted by Crippen LogP contribution is 2.34. The molecule has 3 nitrogen and oxygen atoms in total. The van der Waals surface area contributed by atoms with Crippen LogP contribution in [0.5, 0.6) is 0 Å². The zero-order valence-corrected chi connectivity index (χ0v) is 11.2. The Hall–Kier alpha value is -1.35. The Morgan fingerprint density at radius 2 is 2.00 bits per heavy atom. The molecule has 102 valence electrons. The summed E-state index contributed by atoms with van der Waals surface area (Å²) in [5.41, 5.74) is 1.52. The number of carboxylic acids is 1. The van der Waals surface area contributed by atoms with E-state index in [1.165, 1.54) is 38.8 Å². The van der Waals surface area contributed by atoms with Crippen LogP contribution in [0.25, 0.3) is 0 Å². The van der Waals surface area contributed by atoms with E-state index in [1.54, 1.807) is 6.07 Å². The first-order valence-electron chi connectivity index (χ1n) is 7.25. The Balaban J connectivity index is 1.68. The minimum Gasteiger partial charge on any atom is -0.478 e. The zero-order chi connectivity index (χ0) is 13.2. The number of aromatic carboxylic acids is 1. The largest absolute Gasteiger partial charge is 0.478 e. The summed E-state index contributed by atoms with van der Waals surface area (Å²) >= 11 is 0. The van der Waals surface area contributed by atoms with E-state index in [2.05, 4.69) is 4.90 Å². The Labute approximate surface area is 114 Å². The fourth-order valence-electron chi connectivity index (χ4n) is 3.73. The van der Waals surface area contributed by atoms with Gasteiger partial charge in [0.1, 0.15) is 0 Å². The van der Waals surface area contributed by atoms with Gasteiger partial charge in [0.25, 0.3) is 0 Å². The summed E-state index contributed by atoms with van der Waals surface area (Å²) in [5.74, 6) is 0.905. The molecule has 3 rings (SSSR count). The van der Waals surface area contributed by atoms with Crippen molar-refractivity contribution in [2.24, 2.45) is 11.8 Å². The van der Waals surface area contributed by atoms with Crippen molar-refractivity contribution in [1.29, 1.82) is 0 Å². The molecule has 0 unspecified atom stereocenters. The van der Waals surface area contributed by atoms with Gasteiger partial charge < -0.3 is 5.11 Å². The molecule has 19 heavy (non-hydrogen) atoms. The van der Waals surface area contributed by atoms with Gasteiger partial charge in [-0.2, -0.15) is 0 Å². The Kier molecular flexibility index (Phi) is 3.56. The van der Waals surface area contributed by atoms with Crippen molar-refractivity contribution in [1.82, 2.24) is 4.90 Å². The lowest BCUT2D eigenvalue weighted by molar-refractivity contribution is 0.0695. The second-order valence-corrected chi connectivity index (χ2v) is 6.10. The van der Waals surface area contributed by atoms with E-state index < -0.39 is 5.97 Å². The van der Waals surface area contributed by atoms with Crippen LogP contribution in [0.1, 0.15) is 41.6 Å². The smallest absolute Gasteiger partial charge is 0.335 e. The number of rotatable bonds is 3. The molecule has 2 atom stereocenters. The van der Waals surface area contributed by atoms with Gasteiger partial charge in [0, 0.05) is 19.6 Å². The number of hydrogen-bond acceptors (Lipinski definition) is 2. The maximum Gasteiger partial charge on any atom is 0.335 e. The Morgan fingerprint density at radius 3 is 2.68 bits per heavy atom. The molecule has 1 N–H and O–H groups in total. The molecule has 0 amide bonds. The van der Waals surface area contributed by atoms with Crippen LogP contribution in [-0.4, -0.2) is 29.1 Å². The van der Waals surface area contributed by atoms with Gasteiger partial charge in [0.05, 0.1) is 5.56 Å². The molecule has 0 aromatic heterocycles. The molecular weight excluding hydrogens is 238 g/mol. The van der Waals surface area contributed by atoms with Crippen molar-refractivity contribution in [3.63, 3.8) is 0 Å². The van der Waals surface area contributed by atoms with Crippen LogP contribution in [0.2, 0.25) is 0 Å². The molecule has 1 aliphatic carbocycles. The predicted octanol–water partition coefficient (Wildman–Crippen LogP) is 3.01. The summed E-state index contributed by atoms with van der Waals surface area (Å²) in [7, 11) is 0. The molecule has 1 heterocycles. The van der Waals surface area contributed by atoms with Gasteiger partial charge in [0.15, 0.2) is 0 Å². The summed E-state index contributed by atoms with van der Waals surface area (Å²) in [6, 6.07) is 7.36. The fourth-order valence-corrected chi connectivity index (χ4v) is 3.73. The van der Waals surface area contributed by atoms with Gasteiger partial charge in [-0.3, -0.25) is 4.90 Å². The van der Waals surface area contributed by atoms with Gasteiger partial charge in [-0.15, -0.1) is 0 Å². The van der Waals surface area contributed by atoms with E-state index in [-0.39, 0.29) is 0 Å². The molecule has 2 fully saturated rings. The number of likely N-dealkylation sites (tertiary alicyclic amines) is 1. The van der Waals surface area contributed by atoms with E-state index >= 15 is 0 Å². The Morgan fingerprint density at radius 1 is 1.26 bits per heavy atom. The van der Waals surface area contributed by atoms with Crippen molar-refractivity contribution in [3.8, 4) is 0 Å². The molecule has 1 aromatic carbocycles. The highest BCUT2D eigenvalue weighted by Gasteiger charge is 2.30. The third-order valence-electron chi connectivity index (χ3n) is 4.50. The third-order valence-corrected chi connectivity index (χ3v) is 4.50. The maximum absolute atomic E-state index is 11.0. The highest BCUT2D eigenvalue weighted by atomic mass is 16.4. The number of piperidine rings is 1. The van der Waals surface area contributed by atoms with Gasteiger partial charge in [0.2, 0.25) is 0 Å². The van der Waals surface area contributed by atoms with Crippen molar-refractivity contribution in [2.45, 2.75) is 32.2 Å². The first-order valence-corrected chi connectivity index (χ1v) is 7.25. The SMILES string of the molecule is O=C(O)c1cccc(CN2C[C@@H]3CCC[C@H](C3)C2)c1. The molecule has 1 aliphatic heterocycles. The fraction of sp³-hybridized carbons (Fsp3) is 0.562. The number of carbonyl (C=O) groups is 1. The lowest BCUT2D eigenvalue weighted by Gasteiger charge is -2.41. The van der Waals surface area contributed by atoms with Crippen LogP contribution in [0, 0.1) is 11.8 Å². The van der Waals surface area contributed by atoms with Crippen LogP contribution in [-0.2, 0) is 6.54 Å². The summed E-state index contributed by atoms with van der Waals surface area (Å²) in [5, 5.41) is 9.03. The summed E-state index contributed by atoms with van der Waals surface area (Å²) in [6.07, 6.45) is 5.56. The van der Waals surface area contributed by atoms with Gasteiger partial charge >= 0.3 is 5.97 Å². The molecule has 1 aromatic rings. The van der Waals surface area contributed by atoms with E-state index in [9.17, 15) is 4.79 Å². The van der Waals surface area contributed by atoms with Crippen molar-refractivity contribution in [3.05, 3.63) is 35.4 Å². The second kappa shape index (κ2) is 5.33. The number of benzene rings is 1. The van der Waals surface area contributed by atoms with E-state index in [1.807, 2.05) is 18.2 Å². The van der Waals surface area contributed by atoms with E-state index in [4.69, 9.17) is 5.11 Å². The molecule has 2 aliphatic rings. The Bertz CT molecular complexity index is 460. The second-order valence-electron chi connectivity index (χ2n) is 6.10. The predicted molar refractivity (Wildman–Crippen MR) is 74.1 cm³/mol. The summed E-state index contributed by atoms with van der Waals surface area (Å²) in [6.45, 7) is 3.27. The van der Waals surface area contributed by atoms with Gasteiger partial charge in [-0.1, -0.05) is 18.6 Å². The minimum atomic E-state index is -0.836.